The van der Waals surface area contributed by atoms with E-state index in [-0.39, 0.29) is 0 Å². The molecule has 0 saturated heterocycles. The molecule has 0 amide bonds. The van der Waals surface area contributed by atoms with Crippen LogP contribution in [0.3, 0.4) is 0 Å². The third-order valence-electron chi connectivity index (χ3n) is 3.94. The lowest BCUT2D eigenvalue weighted by Crippen LogP contribution is -2.37. The standard InChI is InChI=1S/C23H22OSi/c1-25(2,3)23-17-13-20(14-18-23)10-9-19-11-15-22(16-12-19)24-21-7-5-4-6-8-21/h4-8,11-18H,1-3H3. The highest BCUT2D eigenvalue weighted by molar-refractivity contribution is 6.88. The van der Waals surface area contributed by atoms with E-state index in [0.717, 1.165) is 22.6 Å². The van der Waals surface area contributed by atoms with Gasteiger partial charge in [-0.1, -0.05) is 67.0 Å². The molecule has 0 heterocycles. The van der Waals surface area contributed by atoms with Gasteiger partial charge in [0.15, 0.2) is 0 Å². The summed E-state index contributed by atoms with van der Waals surface area (Å²) in [6, 6.07) is 26.3. The van der Waals surface area contributed by atoms with E-state index >= 15 is 0 Å². The zero-order valence-electron chi connectivity index (χ0n) is 14.9. The molecule has 0 aliphatic heterocycles. The predicted octanol–water partition coefficient (Wildman–Crippen LogP) is 5.42. The average molecular weight is 343 g/mol. The normalized spacial score (nSPS) is 10.7. The quantitative estimate of drug-likeness (QED) is 0.456. The van der Waals surface area contributed by atoms with Gasteiger partial charge in [-0.15, -0.1) is 0 Å². The van der Waals surface area contributed by atoms with Crippen LogP contribution in [0.2, 0.25) is 19.6 Å². The van der Waals surface area contributed by atoms with E-state index in [1.165, 1.54) is 5.19 Å². The smallest absolute Gasteiger partial charge is 0.127 e. The Kier molecular flexibility index (Phi) is 5.07. The van der Waals surface area contributed by atoms with E-state index in [9.17, 15) is 0 Å². The third-order valence-corrected chi connectivity index (χ3v) is 6.00. The van der Waals surface area contributed by atoms with Gasteiger partial charge in [-0.25, -0.2) is 0 Å². The molecule has 0 aliphatic rings. The van der Waals surface area contributed by atoms with Crippen LogP contribution in [0.25, 0.3) is 0 Å². The lowest BCUT2D eigenvalue weighted by molar-refractivity contribution is 0.482. The maximum absolute atomic E-state index is 5.80. The van der Waals surface area contributed by atoms with E-state index < -0.39 is 8.07 Å². The molecule has 3 aromatic carbocycles. The van der Waals surface area contributed by atoms with Crippen LogP contribution >= 0.6 is 0 Å². The molecule has 0 fully saturated rings. The Morgan fingerprint density at radius 3 is 1.60 bits per heavy atom. The molecule has 0 aliphatic carbocycles. The maximum atomic E-state index is 5.80. The van der Waals surface area contributed by atoms with Gasteiger partial charge in [0, 0.05) is 11.1 Å². The predicted molar refractivity (Wildman–Crippen MR) is 108 cm³/mol. The summed E-state index contributed by atoms with van der Waals surface area (Å²) in [7, 11) is -1.24. The van der Waals surface area contributed by atoms with Gasteiger partial charge < -0.3 is 4.74 Å². The molecule has 0 bridgehead atoms. The van der Waals surface area contributed by atoms with E-state index in [4.69, 9.17) is 4.74 Å². The topological polar surface area (TPSA) is 9.23 Å². The molecule has 0 radical (unpaired) electrons. The van der Waals surface area contributed by atoms with Crippen LogP contribution in [0.1, 0.15) is 11.1 Å². The number of hydrogen-bond acceptors (Lipinski definition) is 1. The highest BCUT2D eigenvalue weighted by atomic mass is 28.3. The van der Waals surface area contributed by atoms with Crippen LogP contribution in [0.15, 0.2) is 78.9 Å². The number of hydrogen-bond donors (Lipinski definition) is 0. The molecule has 0 aromatic heterocycles. The van der Waals surface area contributed by atoms with Crippen molar-refractivity contribution in [3.05, 3.63) is 90.0 Å². The first-order valence-electron chi connectivity index (χ1n) is 8.46. The van der Waals surface area contributed by atoms with Crippen molar-refractivity contribution in [2.45, 2.75) is 19.6 Å². The van der Waals surface area contributed by atoms with Crippen molar-refractivity contribution in [3.8, 4) is 23.3 Å². The molecular formula is C23H22OSi. The zero-order valence-corrected chi connectivity index (χ0v) is 15.9. The van der Waals surface area contributed by atoms with Crippen LogP contribution in [0.4, 0.5) is 0 Å². The molecule has 3 rings (SSSR count). The Bertz CT molecular complexity index is 877. The van der Waals surface area contributed by atoms with Crippen molar-refractivity contribution in [2.24, 2.45) is 0 Å². The van der Waals surface area contributed by atoms with Gasteiger partial charge in [0.05, 0.1) is 8.07 Å². The van der Waals surface area contributed by atoms with Gasteiger partial charge in [-0.2, -0.15) is 0 Å². The fourth-order valence-corrected chi connectivity index (χ4v) is 3.60. The van der Waals surface area contributed by atoms with Gasteiger partial charge >= 0.3 is 0 Å². The van der Waals surface area contributed by atoms with Crippen molar-refractivity contribution in [3.63, 3.8) is 0 Å². The molecule has 25 heavy (non-hydrogen) atoms. The largest absolute Gasteiger partial charge is 0.457 e. The van der Waals surface area contributed by atoms with Crippen LogP contribution in [-0.2, 0) is 0 Å². The third kappa shape index (κ3) is 4.85. The monoisotopic (exact) mass is 342 g/mol. The molecule has 1 nitrogen and oxygen atoms in total. The van der Waals surface area contributed by atoms with Gasteiger partial charge in [-0.05, 0) is 48.5 Å². The van der Waals surface area contributed by atoms with Gasteiger partial charge in [0.25, 0.3) is 0 Å². The molecule has 2 heteroatoms. The number of para-hydroxylation sites is 1. The minimum atomic E-state index is -1.24. The van der Waals surface area contributed by atoms with Crippen LogP contribution in [-0.4, -0.2) is 8.07 Å². The lowest BCUT2D eigenvalue weighted by Gasteiger charge is -2.15. The second-order valence-electron chi connectivity index (χ2n) is 7.02. The van der Waals surface area contributed by atoms with Crippen molar-refractivity contribution < 1.29 is 4.74 Å². The molecule has 0 atom stereocenters. The Morgan fingerprint density at radius 1 is 0.600 bits per heavy atom. The molecule has 124 valence electrons. The summed E-state index contributed by atoms with van der Waals surface area (Å²) in [5, 5.41) is 1.46. The fraction of sp³-hybridized carbons (Fsp3) is 0.130. The van der Waals surface area contributed by atoms with E-state index in [2.05, 4.69) is 55.7 Å². The van der Waals surface area contributed by atoms with Crippen molar-refractivity contribution in [2.75, 3.05) is 0 Å². The maximum Gasteiger partial charge on any atom is 0.127 e. The molecule has 3 aromatic rings. The number of benzene rings is 3. The molecule has 0 saturated carbocycles. The summed E-state index contributed by atoms with van der Waals surface area (Å²) in [6.07, 6.45) is 0. The summed E-state index contributed by atoms with van der Waals surface area (Å²) in [4.78, 5) is 0. The molecule has 0 spiro atoms. The minimum Gasteiger partial charge on any atom is -0.457 e. The highest BCUT2D eigenvalue weighted by Crippen LogP contribution is 2.20. The van der Waals surface area contributed by atoms with Crippen LogP contribution in [0.5, 0.6) is 11.5 Å². The molecular weight excluding hydrogens is 320 g/mol. The summed E-state index contributed by atoms with van der Waals surface area (Å²) < 4.78 is 5.80. The summed E-state index contributed by atoms with van der Waals surface area (Å²) >= 11 is 0. The van der Waals surface area contributed by atoms with Crippen LogP contribution in [0, 0.1) is 11.8 Å². The van der Waals surface area contributed by atoms with Gasteiger partial charge in [-0.3, -0.25) is 0 Å². The molecule has 0 unspecified atom stereocenters. The number of ether oxygens (including phenoxy) is 1. The SMILES string of the molecule is C[Si](C)(C)c1ccc(C#Cc2ccc(Oc3ccccc3)cc2)cc1. The Balaban J connectivity index is 1.69. The second kappa shape index (κ2) is 7.42. The van der Waals surface area contributed by atoms with Crippen molar-refractivity contribution in [1.82, 2.24) is 0 Å². The van der Waals surface area contributed by atoms with E-state index in [1.54, 1.807) is 0 Å². The molecule has 0 N–H and O–H groups in total. The first kappa shape index (κ1) is 17.1. The summed E-state index contributed by atoms with van der Waals surface area (Å²) in [5.74, 6) is 8.10. The number of rotatable bonds is 3. The minimum absolute atomic E-state index is 0.816. The summed E-state index contributed by atoms with van der Waals surface area (Å²) in [6.45, 7) is 7.06. The van der Waals surface area contributed by atoms with Gasteiger partial charge in [0.1, 0.15) is 11.5 Å². The van der Waals surface area contributed by atoms with Crippen molar-refractivity contribution in [1.29, 1.82) is 0 Å². The second-order valence-corrected chi connectivity index (χ2v) is 12.1. The van der Waals surface area contributed by atoms with E-state index in [1.807, 2.05) is 54.6 Å². The Hall–Kier alpha value is -2.76. The summed E-state index contributed by atoms with van der Waals surface area (Å²) in [5.41, 5.74) is 2.03. The highest BCUT2D eigenvalue weighted by Gasteiger charge is 2.15. The lowest BCUT2D eigenvalue weighted by atomic mass is 10.2. The zero-order chi connectivity index (χ0) is 17.7. The fourth-order valence-electron chi connectivity index (χ4n) is 2.43. The van der Waals surface area contributed by atoms with E-state index in [0.29, 0.717) is 0 Å². The first-order chi connectivity index (χ1) is 12.0. The first-order valence-corrected chi connectivity index (χ1v) is 12.0. The van der Waals surface area contributed by atoms with Crippen LogP contribution < -0.4 is 9.92 Å². The Labute approximate surface area is 151 Å². The Morgan fingerprint density at radius 2 is 1.08 bits per heavy atom. The van der Waals surface area contributed by atoms with Crippen molar-refractivity contribution >= 4 is 13.3 Å². The average Bonchev–Trinajstić information content (AvgIpc) is 2.62. The van der Waals surface area contributed by atoms with Gasteiger partial charge in [0.2, 0.25) is 0 Å².